The highest BCUT2D eigenvalue weighted by molar-refractivity contribution is 8.00. The Kier molecular flexibility index (Phi) is 11.1. The standard InChI is InChI=1S/C40H43N7O7S2/c1-40(2,3)54-39(52)45-17-16-27(21-45)46-18-15-25(34(46)49)19-26-22-55-36-28(20-29(48)30(42-4)33-43-38(41)56-44-33)35(50)47(36)31(26)37(51)53-32(23-11-7-5-8-12-23)24-13-9-6-10-14-24/h5-14,19,27-28,32,36H,15-18,20-22H2,1-4H3,(H2,41,43,44)/b25-19+,42-30?/t27-,28-,36-/m1/s1. The van der Waals surface area contributed by atoms with Crippen molar-refractivity contribution in [3.63, 3.8) is 0 Å². The maximum absolute atomic E-state index is 14.5. The molecule has 0 aliphatic carbocycles. The number of hydrogen-bond acceptors (Lipinski definition) is 13. The molecule has 1 aromatic heterocycles. The van der Waals surface area contributed by atoms with Crippen molar-refractivity contribution in [3.8, 4) is 0 Å². The van der Waals surface area contributed by atoms with Crippen molar-refractivity contribution in [1.29, 1.82) is 0 Å². The van der Waals surface area contributed by atoms with Gasteiger partial charge in [0.25, 0.3) is 0 Å². The molecule has 292 valence electrons. The zero-order chi connectivity index (χ0) is 39.7. The average molecular weight is 798 g/mol. The number of rotatable bonds is 10. The number of amides is 3. The number of thioether (sulfide) groups is 1. The van der Waals surface area contributed by atoms with Gasteiger partial charge in [0.05, 0.1) is 17.3 Å². The molecule has 0 saturated carbocycles. The van der Waals surface area contributed by atoms with Crippen molar-refractivity contribution in [1.82, 2.24) is 24.1 Å². The Hall–Kier alpha value is -5.35. The molecule has 2 aromatic carbocycles. The summed E-state index contributed by atoms with van der Waals surface area (Å²) >= 11 is 2.36. The first kappa shape index (κ1) is 38.9. The number of allylic oxidation sites excluding steroid dienone is 1. The number of β-lactam (4-membered cyclic amide) rings is 1. The largest absolute Gasteiger partial charge is 0.448 e. The normalized spacial score (nSPS) is 22.2. The van der Waals surface area contributed by atoms with Crippen LogP contribution in [-0.2, 0) is 28.7 Å². The van der Waals surface area contributed by atoms with E-state index in [1.165, 1.54) is 23.7 Å². The number of aromatic nitrogens is 2. The minimum atomic E-state index is -0.784. The maximum atomic E-state index is 14.5. The molecular weight excluding hydrogens is 755 g/mol. The number of carbonyl (C=O) groups is 5. The molecule has 0 radical (unpaired) electrons. The molecule has 0 unspecified atom stereocenters. The minimum absolute atomic E-state index is 0.0277. The van der Waals surface area contributed by atoms with E-state index in [2.05, 4.69) is 14.3 Å². The van der Waals surface area contributed by atoms with E-state index < -0.39 is 46.7 Å². The highest BCUT2D eigenvalue weighted by Gasteiger charge is 2.54. The number of hydrogen-bond donors (Lipinski definition) is 1. The second-order valence-corrected chi connectivity index (χ2v) is 16.8. The van der Waals surface area contributed by atoms with E-state index in [4.69, 9.17) is 15.2 Å². The van der Waals surface area contributed by atoms with Crippen LogP contribution in [0.2, 0.25) is 0 Å². The summed E-state index contributed by atoms with van der Waals surface area (Å²) < 4.78 is 16.0. The number of ether oxygens (including phenoxy) is 2. The number of fused-ring (bicyclic) bond motifs is 1. The van der Waals surface area contributed by atoms with E-state index in [0.717, 1.165) is 22.7 Å². The number of nitrogens with zero attached hydrogens (tertiary/aromatic N) is 6. The number of anilines is 1. The smallest absolute Gasteiger partial charge is 0.410 e. The lowest BCUT2D eigenvalue weighted by Gasteiger charge is -2.49. The zero-order valence-electron chi connectivity index (χ0n) is 31.5. The molecular formula is C40H43N7O7S2. The molecule has 0 bridgehead atoms. The number of esters is 1. The molecule has 3 atom stereocenters. The molecule has 3 saturated heterocycles. The summed E-state index contributed by atoms with van der Waals surface area (Å²) in [5, 5.41) is -0.348. The van der Waals surface area contributed by atoms with Crippen LogP contribution in [-0.4, -0.2) is 109 Å². The zero-order valence-corrected chi connectivity index (χ0v) is 33.2. The fraction of sp³-hybridized carbons (Fsp3) is 0.400. The van der Waals surface area contributed by atoms with E-state index >= 15 is 0 Å². The lowest BCUT2D eigenvalue weighted by atomic mass is 9.89. The molecule has 2 N–H and O–H groups in total. The summed E-state index contributed by atoms with van der Waals surface area (Å²) in [5.41, 5.74) is 7.67. The predicted octanol–water partition coefficient (Wildman–Crippen LogP) is 4.78. The van der Waals surface area contributed by atoms with Gasteiger partial charge < -0.3 is 25.0 Å². The summed E-state index contributed by atoms with van der Waals surface area (Å²) in [6.45, 7) is 6.75. The second-order valence-electron chi connectivity index (χ2n) is 14.9. The van der Waals surface area contributed by atoms with Crippen LogP contribution in [0.5, 0.6) is 0 Å². The third kappa shape index (κ3) is 7.98. The summed E-state index contributed by atoms with van der Waals surface area (Å²) in [4.78, 5) is 81.7. The molecule has 7 rings (SSSR count). The van der Waals surface area contributed by atoms with E-state index in [1.807, 2.05) is 81.4 Å². The van der Waals surface area contributed by atoms with Crippen LogP contribution in [0.3, 0.4) is 0 Å². The first-order chi connectivity index (χ1) is 26.8. The van der Waals surface area contributed by atoms with Gasteiger partial charge in [0.1, 0.15) is 17.0 Å². The number of benzene rings is 2. The van der Waals surface area contributed by atoms with Crippen molar-refractivity contribution in [2.24, 2.45) is 10.9 Å². The number of ketones is 1. The molecule has 4 aliphatic heterocycles. The minimum Gasteiger partial charge on any atom is -0.448 e. The monoisotopic (exact) mass is 797 g/mol. The Morgan fingerprint density at radius 1 is 1.04 bits per heavy atom. The molecule has 3 aromatic rings. The molecule has 56 heavy (non-hydrogen) atoms. The Balaban J connectivity index is 1.17. The predicted molar refractivity (Wildman–Crippen MR) is 211 cm³/mol. The fourth-order valence-corrected chi connectivity index (χ4v) is 9.23. The number of aliphatic imine (C=N–C) groups is 1. The summed E-state index contributed by atoms with van der Waals surface area (Å²) in [6, 6.07) is 18.5. The third-order valence-corrected chi connectivity index (χ3v) is 11.9. The lowest BCUT2D eigenvalue weighted by molar-refractivity contribution is -0.157. The first-order valence-electron chi connectivity index (χ1n) is 18.4. The number of nitrogen functional groups attached to an aromatic ring is 1. The van der Waals surface area contributed by atoms with Crippen LogP contribution in [0.4, 0.5) is 9.93 Å². The summed E-state index contributed by atoms with van der Waals surface area (Å²) in [6.07, 6.45) is 1.41. The van der Waals surface area contributed by atoms with Crippen molar-refractivity contribution in [3.05, 3.63) is 101 Å². The van der Waals surface area contributed by atoms with Gasteiger partial charge in [0, 0.05) is 56.0 Å². The molecule has 14 nitrogen and oxygen atoms in total. The van der Waals surface area contributed by atoms with Crippen molar-refractivity contribution >= 4 is 63.8 Å². The van der Waals surface area contributed by atoms with E-state index in [1.54, 1.807) is 15.9 Å². The van der Waals surface area contributed by atoms with Gasteiger partial charge in [-0.15, -0.1) is 11.8 Å². The quantitative estimate of drug-likeness (QED) is 0.129. The summed E-state index contributed by atoms with van der Waals surface area (Å²) in [5.74, 6) is -2.07. The van der Waals surface area contributed by atoms with Crippen molar-refractivity contribution in [2.75, 3.05) is 38.2 Å². The second kappa shape index (κ2) is 16.0. The van der Waals surface area contributed by atoms with Gasteiger partial charge in [-0.3, -0.25) is 24.3 Å². The lowest BCUT2D eigenvalue weighted by Crippen LogP contribution is -2.62. The molecule has 4 aliphatic rings. The van der Waals surface area contributed by atoms with Gasteiger partial charge >= 0.3 is 12.1 Å². The number of carbonyl (C=O) groups excluding carboxylic acids is 5. The molecule has 3 fully saturated rings. The summed E-state index contributed by atoms with van der Waals surface area (Å²) in [7, 11) is 1.45. The number of likely N-dealkylation sites (tertiary alicyclic amines) is 2. The van der Waals surface area contributed by atoms with E-state index in [9.17, 15) is 24.0 Å². The average Bonchev–Trinajstić information content (AvgIpc) is 3.93. The Morgan fingerprint density at radius 3 is 2.32 bits per heavy atom. The van der Waals surface area contributed by atoms with Gasteiger partial charge in [-0.1, -0.05) is 60.7 Å². The van der Waals surface area contributed by atoms with Gasteiger partial charge in [-0.05, 0) is 56.4 Å². The van der Waals surface area contributed by atoms with Crippen LogP contribution in [0.15, 0.2) is 88.6 Å². The Morgan fingerprint density at radius 2 is 1.71 bits per heavy atom. The van der Waals surface area contributed by atoms with Crippen molar-refractivity contribution < 1.29 is 33.4 Å². The molecule has 0 spiro atoms. The highest BCUT2D eigenvalue weighted by Crippen LogP contribution is 2.47. The van der Waals surface area contributed by atoms with E-state index in [0.29, 0.717) is 43.6 Å². The molecule has 16 heteroatoms. The van der Waals surface area contributed by atoms with Gasteiger partial charge in [0.15, 0.2) is 22.8 Å². The van der Waals surface area contributed by atoms with Gasteiger partial charge in [-0.25, -0.2) is 9.59 Å². The Bertz CT molecular complexity index is 2090. The Labute approximate surface area is 333 Å². The maximum Gasteiger partial charge on any atom is 0.410 e. The van der Waals surface area contributed by atoms with Crippen LogP contribution in [0, 0.1) is 5.92 Å². The van der Waals surface area contributed by atoms with E-state index in [-0.39, 0.29) is 46.5 Å². The van der Waals surface area contributed by atoms with Crippen LogP contribution < -0.4 is 5.73 Å². The van der Waals surface area contributed by atoms with Crippen LogP contribution >= 0.6 is 23.3 Å². The highest BCUT2D eigenvalue weighted by atomic mass is 32.2. The number of nitrogens with two attached hydrogens (primary N) is 1. The number of Topliss-reactive ketones (excluding diaryl/α,β-unsaturated/α-hetero) is 1. The van der Waals surface area contributed by atoms with Crippen LogP contribution in [0.1, 0.15) is 63.1 Å². The molecule has 3 amide bonds. The molecule has 5 heterocycles. The SMILES string of the molecule is CN=C(C(=O)C[C@@H]1C(=O)N2C(C(=O)OC(c3ccccc3)c3ccccc3)=C(/C=C3\CCN([C@@H]4CCN(C(=O)OC(C)(C)C)C4)C3=O)CS[C@H]12)c1nsc(N)n1. The first-order valence-corrected chi connectivity index (χ1v) is 20.2. The van der Waals surface area contributed by atoms with Crippen molar-refractivity contribution in [2.45, 2.75) is 63.2 Å². The van der Waals surface area contributed by atoms with Gasteiger partial charge in [0.2, 0.25) is 11.8 Å². The fourth-order valence-electron chi connectivity index (χ4n) is 7.42. The van der Waals surface area contributed by atoms with Gasteiger partial charge in [-0.2, -0.15) is 9.36 Å². The van der Waals surface area contributed by atoms with Crippen LogP contribution in [0.25, 0.3) is 0 Å². The topological polar surface area (TPSA) is 178 Å². The third-order valence-electron chi connectivity index (χ3n) is 10.0.